The molecule has 0 aromatic heterocycles. The fourth-order valence-corrected chi connectivity index (χ4v) is 1.81. The fourth-order valence-electron chi connectivity index (χ4n) is 1.81. The highest BCUT2D eigenvalue weighted by Gasteiger charge is 2.13. The number of rotatable bonds is 7. The third-order valence-corrected chi connectivity index (χ3v) is 2.91. The lowest BCUT2D eigenvalue weighted by atomic mass is 10.1. The molecule has 0 aliphatic heterocycles. The van der Waals surface area contributed by atoms with Crippen LogP contribution < -0.4 is 9.78 Å². The van der Waals surface area contributed by atoms with E-state index in [1.54, 1.807) is 0 Å². The number of benzene rings is 2. The van der Waals surface area contributed by atoms with Gasteiger partial charge in [0.15, 0.2) is 36.6 Å². The van der Waals surface area contributed by atoms with Crippen molar-refractivity contribution in [2.45, 2.75) is 0 Å². The van der Waals surface area contributed by atoms with E-state index in [9.17, 15) is 19.2 Å². The maximum absolute atomic E-state index is 11.0. The number of hydrogen-bond donors (Lipinski definition) is 0. The maximum atomic E-state index is 11.0. The Balaban J connectivity index is 2.31. The molecule has 6 heteroatoms. The van der Waals surface area contributed by atoms with Crippen LogP contribution in [0.5, 0.6) is 11.5 Å². The molecule has 0 saturated carbocycles. The summed E-state index contributed by atoms with van der Waals surface area (Å²) in [6, 6.07) is 8.79. The Bertz CT molecular complexity index is 672. The SMILES string of the molecule is O=Cc1cccc(OOc2cccc(C=O)c2C=O)c1C=O. The topological polar surface area (TPSA) is 86.7 Å². The molecule has 0 fully saturated rings. The largest absolute Gasteiger partial charge is 0.298 e. The van der Waals surface area contributed by atoms with Crippen LogP contribution in [-0.2, 0) is 0 Å². The minimum atomic E-state index is 0.0213. The average molecular weight is 298 g/mol. The minimum Gasteiger partial charge on any atom is -0.298 e. The first kappa shape index (κ1) is 15.1. The smallest absolute Gasteiger partial charge is 0.189 e. The molecule has 2 aromatic carbocycles. The normalized spacial score (nSPS) is 9.64. The van der Waals surface area contributed by atoms with Crippen molar-refractivity contribution in [3.63, 3.8) is 0 Å². The van der Waals surface area contributed by atoms with Crippen LogP contribution in [0.3, 0.4) is 0 Å². The van der Waals surface area contributed by atoms with E-state index in [0.29, 0.717) is 25.1 Å². The summed E-state index contributed by atoms with van der Waals surface area (Å²) in [4.78, 5) is 53.9. The van der Waals surface area contributed by atoms with Crippen LogP contribution >= 0.6 is 0 Å². The van der Waals surface area contributed by atoms with Crippen LogP contribution in [0.2, 0.25) is 0 Å². The number of carbonyl (C=O) groups is 4. The van der Waals surface area contributed by atoms with Crippen LogP contribution in [0.4, 0.5) is 0 Å². The van der Waals surface area contributed by atoms with Gasteiger partial charge in [0.05, 0.1) is 11.1 Å². The van der Waals surface area contributed by atoms with E-state index in [0.717, 1.165) is 0 Å². The molecule has 22 heavy (non-hydrogen) atoms. The molecule has 6 nitrogen and oxygen atoms in total. The van der Waals surface area contributed by atoms with Gasteiger partial charge in [0.25, 0.3) is 0 Å². The van der Waals surface area contributed by atoms with Crippen LogP contribution in [0, 0.1) is 0 Å². The Labute approximate surface area is 125 Å². The van der Waals surface area contributed by atoms with Crippen molar-refractivity contribution in [1.29, 1.82) is 0 Å². The zero-order chi connectivity index (χ0) is 15.9. The van der Waals surface area contributed by atoms with Crippen molar-refractivity contribution in [3.8, 4) is 11.5 Å². The Hall–Kier alpha value is -3.28. The Morgan fingerprint density at radius 3 is 1.32 bits per heavy atom. The van der Waals surface area contributed by atoms with E-state index in [1.807, 2.05) is 0 Å². The van der Waals surface area contributed by atoms with Crippen LogP contribution in [0.25, 0.3) is 0 Å². The number of hydrogen-bond acceptors (Lipinski definition) is 6. The summed E-state index contributed by atoms with van der Waals surface area (Å²) in [5.41, 5.74) is 0.343. The first-order chi connectivity index (χ1) is 10.7. The van der Waals surface area contributed by atoms with Crippen molar-refractivity contribution in [2.75, 3.05) is 0 Å². The quantitative estimate of drug-likeness (QED) is 0.443. The monoisotopic (exact) mass is 298 g/mol. The lowest BCUT2D eigenvalue weighted by molar-refractivity contribution is -0.101. The van der Waals surface area contributed by atoms with E-state index in [-0.39, 0.29) is 33.8 Å². The van der Waals surface area contributed by atoms with Gasteiger partial charge in [-0.2, -0.15) is 0 Å². The van der Waals surface area contributed by atoms with E-state index >= 15 is 0 Å². The molecule has 2 rings (SSSR count). The van der Waals surface area contributed by atoms with Gasteiger partial charge in [-0.25, -0.2) is 0 Å². The van der Waals surface area contributed by atoms with Crippen molar-refractivity contribution in [1.82, 2.24) is 0 Å². The molecular weight excluding hydrogens is 288 g/mol. The molecule has 0 amide bonds. The van der Waals surface area contributed by atoms with E-state index < -0.39 is 0 Å². The third kappa shape index (κ3) is 2.90. The van der Waals surface area contributed by atoms with Gasteiger partial charge in [-0.3, -0.25) is 29.0 Å². The zero-order valence-corrected chi connectivity index (χ0v) is 11.2. The molecule has 0 bridgehead atoms. The first-order valence-corrected chi connectivity index (χ1v) is 6.16. The zero-order valence-electron chi connectivity index (χ0n) is 11.2. The summed E-state index contributed by atoms with van der Waals surface area (Å²) >= 11 is 0. The number of aldehydes is 4. The predicted molar refractivity (Wildman–Crippen MR) is 75.7 cm³/mol. The first-order valence-electron chi connectivity index (χ1n) is 6.16. The van der Waals surface area contributed by atoms with Gasteiger partial charge in [-0.05, 0) is 12.1 Å². The minimum absolute atomic E-state index is 0.0213. The Morgan fingerprint density at radius 2 is 1.00 bits per heavy atom. The van der Waals surface area contributed by atoms with Crippen molar-refractivity contribution in [2.24, 2.45) is 0 Å². The lowest BCUT2D eigenvalue weighted by Gasteiger charge is -2.10. The second-order valence-electron chi connectivity index (χ2n) is 4.16. The Morgan fingerprint density at radius 1 is 0.591 bits per heavy atom. The van der Waals surface area contributed by atoms with Gasteiger partial charge in [0, 0.05) is 11.1 Å². The van der Waals surface area contributed by atoms with Crippen LogP contribution in [-0.4, -0.2) is 25.1 Å². The third-order valence-electron chi connectivity index (χ3n) is 2.91. The second kappa shape index (κ2) is 6.94. The summed E-state index contributed by atoms with van der Waals surface area (Å²) in [6.07, 6.45) is 1.96. The van der Waals surface area contributed by atoms with Crippen LogP contribution in [0.1, 0.15) is 41.4 Å². The highest BCUT2D eigenvalue weighted by molar-refractivity contribution is 5.93. The van der Waals surface area contributed by atoms with Crippen molar-refractivity contribution < 1.29 is 29.0 Å². The molecule has 0 spiro atoms. The summed E-state index contributed by atoms with van der Waals surface area (Å²) in [6.45, 7) is 0. The molecule has 0 N–H and O–H groups in total. The Kier molecular flexibility index (Phi) is 4.77. The van der Waals surface area contributed by atoms with Gasteiger partial charge < -0.3 is 0 Å². The molecule has 0 aliphatic carbocycles. The summed E-state index contributed by atoms with van der Waals surface area (Å²) in [5, 5.41) is 0. The molecular formula is C16H10O6. The van der Waals surface area contributed by atoms with Gasteiger partial charge >= 0.3 is 0 Å². The molecule has 0 unspecified atom stereocenters. The van der Waals surface area contributed by atoms with E-state index in [2.05, 4.69) is 0 Å². The lowest BCUT2D eigenvalue weighted by Crippen LogP contribution is -2.07. The average Bonchev–Trinajstić information content (AvgIpc) is 2.58. The molecule has 2 aromatic rings. The van der Waals surface area contributed by atoms with Gasteiger partial charge in [0.1, 0.15) is 0 Å². The standard InChI is InChI=1S/C16H10O6/c17-7-11-3-1-5-15(13(11)9-19)21-22-16-6-2-4-12(8-18)14(16)10-20/h1-10H. The fraction of sp³-hybridized carbons (Fsp3) is 0. The maximum Gasteiger partial charge on any atom is 0.189 e. The highest BCUT2D eigenvalue weighted by atomic mass is 17.2. The second-order valence-corrected chi connectivity index (χ2v) is 4.16. The van der Waals surface area contributed by atoms with Crippen molar-refractivity contribution in [3.05, 3.63) is 58.7 Å². The van der Waals surface area contributed by atoms with Gasteiger partial charge in [-0.1, -0.05) is 24.3 Å². The molecule has 0 atom stereocenters. The molecule has 110 valence electrons. The summed E-state index contributed by atoms with van der Waals surface area (Å²) < 4.78 is 0. The molecule has 0 aliphatic rings. The van der Waals surface area contributed by atoms with E-state index in [1.165, 1.54) is 36.4 Å². The predicted octanol–water partition coefficient (Wildman–Crippen LogP) is 2.31. The van der Waals surface area contributed by atoms with Crippen LogP contribution in [0.15, 0.2) is 36.4 Å². The molecule has 0 heterocycles. The van der Waals surface area contributed by atoms with Gasteiger partial charge in [0.2, 0.25) is 0 Å². The highest BCUT2D eigenvalue weighted by Crippen LogP contribution is 2.24. The molecule has 0 radical (unpaired) electrons. The van der Waals surface area contributed by atoms with Crippen molar-refractivity contribution >= 4 is 25.1 Å². The number of carbonyl (C=O) groups excluding carboxylic acids is 4. The summed E-state index contributed by atoms with van der Waals surface area (Å²) in [7, 11) is 0. The summed E-state index contributed by atoms with van der Waals surface area (Å²) in [5.74, 6) is 0.0425. The van der Waals surface area contributed by atoms with E-state index in [4.69, 9.17) is 9.78 Å². The molecule has 0 saturated heterocycles. The van der Waals surface area contributed by atoms with Gasteiger partial charge in [-0.15, -0.1) is 0 Å².